The molecule has 2 heterocycles. The summed E-state index contributed by atoms with van der Waals surface area (Å²) in [5, 5.41) is 0.668. The second-order valence-electron chi connectivity index (χ2n) is 7.75. The lowest BCUT2D eigenvalue weighted by Gasteiger charge is -2.39. The predicted octanol–water partition coefficient (Wildman–Crippen LogP) is 3.76. The number of nitrogens with zero attached hydrogens (tertiary/aromatic N) is 4. The lowest BCUT2D eigenvalue weighted by molar-refractivity contribution is -0.140. The van der Waals surface area contributed by atoms with Gasteiger partial charge in [-0.1, -0.05) is 32.4 Å². The van der Waals surface area contributed by atoms with Crippen LogP contribution in [-0.2, 0) is 4.79 Å². The van der Waals surface area contributed by atoms with Crippen LogP contribution in [0.15, 0.2) is 24.4 Å². The highest BCUT2D eigenvalue weighted by molar-refractivity contribution is 6.31. The van der Waals surface area contributed by atoms with E-state index in [1.807, 2.05) is 57.1 Å². The lowest BCUT2D eigenvalue weighted by atomic mass is 9.93. The lowest BCUT2D eigenvalue weighted by Crippen LogP contribution is -2.48. The number of hydrogen-bond donors (Lipinski definition) is 0. The highest BCUT2D eigenvalue weighted by Gasteiger charge is 2.31. The molecule has 1 aliphatic rings. The Bertz CT molecular complexity index is 779. The summed E-state index contributed by atoms with van der Waals surface area (Å²) in [4.78, 5) is 25.8. The van der Waals surface area contributed by atoms with E-state index in [1.165, 1.54) is 0 Å². The van der Waals surface area contributed by atoms with Crippen molar-refractivity contribution in [2.24, 2.45) is 5.41 Å². The average molecular weight is 361 g/mol. The van der Waals surface area contributed by atoms with Gasteiger partial charge in [-0.25, -0.2) is 4.98 Å². The summed E-state index contributed by atoms with van der Waals surface area (Å²) in [6, 6.07) is 5.85. The van der Waals surface area contributed by atoms with E-state index in [0.717, 1.165) is 42.8 Å². The first kappa shape index (κ1) is 17.9. The number of piperidine rings is 1. The Labute approximate surface area is 154 Å². The number of rotatable bonds is 2. The van der Waals surface area contributed by atoms with E-state index in [-0.39, 0.29) is 17.4 Å². The standard InChI is InChI=1S/C19H25ClN4O/c1-19(2,3)18(25)23(4)14-7-9-24(10-8-14)17-12-21-16-11-13(20)5-6-15(16)22-17/h5-6,11-12,14H,7-10H2,1-4H3. The van der Waals surface area contributed by atoms with Gasteiger partial charge in [-0.15, -0.1) is 0 Å². The monoisotopic (exact) mass is 360 g/mol. The van der Waals surface area contributed by atoms with Gasteiger partial charge in [-0.05, 0) is 31.0 Å². The molecule has 1 aromatic carbocycles. The van der Waals surface area contributed by atoms with Crippen molar-refractivity contribution >= 4 is 34.4 Å². The summed E-state index contributed by atoms with van der Waals surface area (Å²) in [7, 11) is 1.92. The third-order valence-electron chi connectivity index (χ3n) is 4.79. The maximum Gasteiger partial charge on any atom is 0.227 e. The van der Waals surface area contributed by atoms with Crippen molar-refractivity contribution in [1.82, 2.24) is 14.9 Å². The van der Waals surface area contributed by atoms with Crippen LogP contribution in [0.25, 0.3) is 11.0 Å². The zero-order chi connectivity index (χ0) is 18.2. The van der Waals surface area contributed by atoms with Crippen LogP contribution in [0.5, 0.6) is 0 Å². The summed E-state index contributed by atoms with van der Waals surface area (Å²) in [5.41, 5.74) is 1.32. The Morgan fingerprint density at radius 1 is 1.24 bits per heavy atom. The van der Waals surface area contributed by atoms with E-state index < -0.39 is 0 Å². The summed E-state index contributed by atoms with van der Waals surface area (Å²) in [6.45, 7) is 7.66. The number of hydrogen-bond acceptors (Lipinski definition) is 4. The molecule has 6 heteroatoms. The quantitative estimate of drug-likeness (QED) is 0.818. The molecule has 5 nitrogen and oxygen atoms in total. The van der Waals surface area contributed by atoms with Crippen molar-refractivity contribution in [2.75, 3.05) is 25.0 Å². The Morgan fingerprint density at radius 3 is 2.56 bits per heavy atom. The van der Waals surface area contributed by atoms with Crippen LogP contribution in [0.1, 0.15) is 33.6 Å². The smallest absolute Gasteiger partial charge is 0.227 e. The molecule has 0 radical (unpaired) electrons. The van der Waals surface area contributed by atoms with Gasteiger partial charge in [0.1, 0.15) is 5.82 Å². The number of anilines is 1. The van der Waals surface area contributed by atoms with Gasteiger partial charge in [0.25, 0.3) is 0 Å². The van der Waals surface area contributed by atoms with Crippen LogP contribution in [0.4, 0.5) is 5.82 Å². The van der Waals surface area contributed by atoms with Crippen molar-refractivity contribution in [3.63, 3.8) is 0 Å². The van der Waals surface area contributed by atoms with Crippen molar-refractivity contribution in [3.8, 4) is 0 Å². The molecule has 25 heavy (non-hydrogen) atoms. The van der Waals surface area contributed by atoms with Crippen LogP contribution >= 0.6 is 11.6 Å². The molecule has 0 spiro atoms. The Hall–Kier alpha value is -1.88. The molecule has 1 amide bonds. The molecular formula is C19H25ClN4O. The van der Waals surface area contributed by atoms with E-state index in [1.54, 1.807) is 0 Å². The molecule has 0 aliphatic carbocycles. The second-order valence-corrected chi connectivity index (χ2v) is 8.18. The molecule has 1 saturated heterocycles. The van der Waals surface area contributed by atoms with Gasteiger partial charge in [0.15, 0.2) is 0 Å². The van der Waals surface area contributed by atoms with Crippen molar-refractivity contribution in [1.29, 1.82) is 0 Å². The highest BCUT2D eigenvalue weighted by atomic mass is 35.5. The molecule has 1 aromatic heterocycles. The summed E-state index contributed by atoms with van der Waals surface area (Å²) in [5.74, 6) is 1.09. The fourth-order valence-electron chi connectivity index (χ4n) is 3.30. The number of halogens is 1. The molecule has 0 atom stereocenters. The number of benzene rings is 1. The molecule has 134 valence electrons. The first-order chi connectivity index (χ1) is 11.8. The van der Waals surface area contributed by atoms with Crippen molar-refractivity contribution in [3.05, 3.63) is 29.4 Å². The molecule has 1 fully saturated rings. The second kappa shape index (κ2) is 6.79. The van der Waals surface area contributed by atoms with Gasteiger partial charge in [0, 0.05) is 36.6 Å². The maximum absolute atomic E-state index is 12.5. The Morgan fingerprint density at radius 2 is 1.92 bits per heavy atom. The van der Waals surface area contributed by atoms with E-state index in [9.17, 15) is 4.79 Å². The minimum atomic E-state index is -0.336. The first-order valence-corrected chi connectivity index (χ1v) is 9.08. The largest absolute Gasteiger partial charge is 0.355 e. The maximum atomic E-state index is 12.5. The van der Waals surface area contributed by atoms with Crippen molar-refractivity contribution < 1.29 is 4.79 Å². The van der Waals surface area contributed by atoms with Gasteiger partial charge in [0.05, 0.1) is 17.2 Å². The van der Waals surface area contributed by atoms with Gasteiger partial charge >= 0.3 is 0 Å². The first-order valence-electron chi connectivity index (χ1n) is 8.70. The summed E-state index contributed by atoms with van der Waals surface area (Å²) in [6.07, 6.45) is 3.69. The molecule has 3 rings (SSSR count). The Kier molecular flexibility index (Phi) is 4.87. The zero-order valence-corrected chi connectivity index (χ0v) is 16.0. The van der Waals surface area contributed by atoms with Crippen LogP contribution in [0, 0.1) is 5.41 Å². The summed E-state index contributed by atoms with van der Waals surface area (Å²) >= 11 is 6.00. The number of carbonyl (C=O) groups excluding carboxylic acids is 1. The molecule has 0 unspecified atom stereocenters. The average Bonchev–Trinajstić information content (AvgIpc) is 2.59. The van der Waals surface area contributed by atoms with Gasteiger partial charge in [0.2, 0.25) is 5.91 Å². The molecule has 2 aromatic rings. The van der Waals surface area contributed by atoms with Crippen LogP contribution in [0.3, 0.4) is 0 Å². The number of fused-ring (bicyclic) bond motifs is 1. The number of amides is 1. The zero-order valence-electron chi connectivity index (χ0n) is 15.3. The minimum absolute atomic E-state index is 0.202. The third kappa shape index (κ3) is 3.87. The molecule has 1 aliphatic heterocycles. The van der Waals surface area contributed by atoms with Gasteiger partial charge < -0.3 is 9.80 Å². The van der Waals surface area contributed by atoms with Crippen LogP contribution in [-0.4, -0.2) is 47.0 Å². The van der Waals surface area contributed by atoms with Gasteiger partial charge in [-0.3, -0.25) is 9.78 Å². The van der Waals surface area contributed by atoms with Crippen molar-refractivity contribution in [2.45, 2.75) is 39.7 Å². The van der Waals surface area contributed by atoms with Gasteiger partial charge in [-0.2, -0.15) is 0 Å². The normalized spacial score (nSPS) is 16.3. The highest BCUT2D eigenvalue weighted by Crippen LogP contribution is 2.25. The summed E-state index contributed by atoms with van der Waals surface area (Å²) < 4.78 is 0. The van der Waals surface area contributed by atoms with Crippen LogP contribution < -0.4 is 4.90 Å². The van der Waals surface area contributed by atoms with E-state index >= 15 is 0 Å². The van der Waals surface area contributed by atoms with E-state index in [4.69, 9.17) is 16.6 Å². The SMILES string of the molecule is CN(C(=O)C(C)(C)C)C1CCN(c2cnc3cc(Cl)ccc3n2)CC1. The fraction of sp³-hybridized carbons (Fsp3) is 0.526. The molecule has 0 N–H and O–H groups in total. The molecule has 0 saturated carbocycles. The number of carbonyl (C=O) groups is 1. The fourth-order valence-corrected chi connectivity index (χ4v) is 3.47. The molecule has 0 bridgehead atoms. The molecular weight excluding hydrogens is 336 g/mol. The number of aromatic nitrogens is 2. The Balaban J connectivity index is 1.68. The third-order valence-corrected chi connectivity index (χ3v) is 5.02. The van der Waals surface area contributed by atoms with E-state index in [2.05, 4.69) is 9.88 Å². The van der Waals surface area contributed by atoms with Crippen LogP contribution in [0.2, 0.25) is 5.02 Å². The van der Waals surface area contributed by atoms with E-state index in [0.29, 0.717) is 5.02 Å². The minimum Gasteiger partial charge on any atom is -0.355 e. The topological polar surface area (TPSA) is 49.3 Å². The predicted molar refractivity (Wildman–Crippen MR) is 102 cm³/mol.